The average Bonchev–Trinajstić information content (AvgIpc) is 3.01. The summed E-state index contributed by atoms with van der Waals surface area (Å²) in [6.45, 7) is 0. The zero-order valence-electron chi connectivity index (χ0n) is 15.7. The van der Waals surface area contributed by atoms with Crippen LogP contribution in [0.1, 0.15) is 10.4 Å². The summed E-state index contributed by atoms with van der Waals surface area (Å²) in [4.78, 5) is 36.3. The lowest BCUT2D eigenvalue weighted by molar-refractivity contribution is -0.113. The Kier molecular flexibility index (Phi) is 5.22. The quantitative estimate of drug-likeness (QED) is 0.492. The number of nitrogens with one attached hydrogen (secondary N) is 1. The number of ketones is 1. The highest BCUT2D eigenvalue weighted by molar-refractivity contribution is 8.00. The smallest absolute Gasteiger partial charge is 0.408 e. The Balaban J connectivity index is 1.37. The van der Waals surface area contributed by atoms with Gasteiger partial charge in [-0.1, -0.05) is 36.4 Å². The van der Waals surface area contributed by atoms with E-state index in [4.69, 9.17) is 4.42 Å². The van der Waals surface area contributed by atoms with Crippen molar-refractivity contribution >= 4 is 51.0 Å². The van der Waals surface area contributed by atoms with Crippen LogP contribution >= 0.6 is 11.8 Å². The maximum Gasteiger partial charge on any atom is 0.419 e. The molecule has 0 fully saturated rings. The van der Waals surface area contributed by atoms with Crippen LogP contribution in [-0.2, 0) is 11.8 Å². The molecule has 1 aromatic heterocycles. The van der Waals surface area contributed by atoms with Crippen LogP contribution in [0, 0.1) is 0 Å². The minimum Gasteiger partial charge on any atom is -0.408 e. The summed E-state index contributed by atoms with van der Waals surface area (Å²) in [5.74, 6) is -0.402. The Bertz CT molecular complexity index is 1280. The number of anilines is 1. The Morgan fingerprint density at radius 1 is 1.03 bits per heavy atom. The van der Waals surface area contributed by atoms with Crippen LogP contribution in [0.25, 0.3) is 21.9 Å². The van der Waals surface area contributed by atoms with Gasteiger partial charge in [0.1, 0.15) is 0 Å². The molecule has 1 N–H and O–H groups in total. The highest BCUT2D eigenvalue weighted by Gasteiger charge is 2.13. The fourth-order valence-corrected chi connectivity index (χ4v) is 3.85. The molecule has 0 saturated heterocycles. The maximum atomic E-state index is 12.5. The molecule has 0 atom stereocenters. The molecule has 0 spiro atoms. The third kappa shape index (κ3) is 3.95. The number of hydrogen-bond acceptors (Lipinski definition) is 5. The molecule has 0 aliphatic heterocycles. The number of hydrogen-bond donors (Lipinski definition) is 1. The summed E-state index contributed by atoms with van der Waals surface area (Å²) in [5, 5.41) is 4.94. The second kappa shape index (κ2) is 7.97. The zero-order chi connectivity index (χ0) is 20.4. The first-order valence-corrected chi connectivity index (χ1v) is 10.2. The lowest BCUT2D eigenvalue weighted by Crippen LogP contribution is -2.15. The van der Waals surface area contributed by atoms with E-state index in [9.17, 15) is 14.4 Å². The number of nitrogens with zero attached hydrogens (tertiary/aromatic N) is 1. The molecule has 0 bridgehead atoms. The third-order valence-electron chi connectivity index (χ3n) is 4.64. The van der Waals surface area contributed by atoms with Crippen LogP contribution in [0.5, 0.6) is 0 Å². The molecule has 4 rings (SSSR count). The van der Waals surface area contributed by atoms with Gasteiger partial charge in [-0.2, -0.15) is 0 Å². The van der Waals surface area contributed by atoms with E-state index in [1.54, 1.807) is 25.2 Å². The van der Waals surface area contributed by atoms with E-state index in [1.807, 2.05) is 42.5 Å². The molecule has 1 amide bonds. The first-order chi connectivity index (χ1) is 14.0. The molecule has 4 aromatic rings. The highest BCUT2D eigenvalue weighted by Crippen LogP contribution is 2.23. The molecule has 146 valence electrons. The minimum absolute atomic E-state index is 0.108. The number of carbonyl (C=O) groups is 2. The fourth-order valence-electron chi connectivity index (χ4n) is 3.14. The Hall–Kier alpha value is -3.32. The maximum absolute atomic E-state index is 12.5. The van der Waals surface area contributed by atoms with Crippen LogP contribution in [0.3, 0.4) is 0 Å². The first kappa shape index (κ1) is 19.0. The largest absolute Gasteiger partial charge is 0.419 e. The van der Waals surface area contributed by atoms with Crippen LogP contribution in [0.2, 0.25) is 0 Å². The van der Waals surface area contributed by atoms with Gasteiger partial charge < -0.3 is 9.73 Å². The Morgan fingerprint density at radius 2 is 1.83 bits per heavy atom. The molecule has 0 radical (unpaired) electrons. The number of Topliss-reactive ketones (excluding diaryl/α,β-unsaturated/α-hetero) is 1. The van der Waals surface area contributed by atoms with Gasteiger partial charge in [-0.05, 0) is 29.7 Å². The van der Waals surface area contributed by atoms with Gasteiger partial charge in [0, 0.05) is 23.7 Å². The van der Waals surface area contributed by atoms with Crippen molar-refractivity contribution in [3.05, 3.63) is 76.8 Å². The number of carbonyl (C=O) groups excluding carboxylic acids is 2. The normalized spacial score (nSPS) is 11.1. The van der Waals surface area contributed by atoms with E-state index in [-0.39, 0.29) is 23.2 Å². The highest BCUT2D eigenvalue weighted by atomic mass is 32.2. The zero-order valence-corrected chi connectivity index (χ0v) is 16.5. The van der Waals surface area contributed by atoms with Gasteiger partial charge in [-0.3, -0.25) is 14.2 Å². The third-order valence-corrected chi connectivity index (χ3v) is 5.58. The second-order valence-electron chi connectivity index (χ2n) is 6.60. The minimum atomic E-state index is -0.468. The number of rotatable bonds is 6. The predicted octanol–water partition coefficient (Wildman–Crippen LogP) is 3.84. The molecule has 0 unspecified atom stereocenters. The summed E-state index contributed by atoms with van der Waals surface area (Å²) in [7, 11) is 1.59. The van der Waals surface area contributed by atoms with Crippen molar-refractivity contribution in [3.8, 4) is 0 Å². The molecule has 29 heavy (non-hydrogen) atoms. The Labute approximate surface area is 170 Å². The van der Waals surface area contributed by atoms with Gasteiger partial charge in [-0.25, -0.2) is 4.79 Å². The molecule has 0 aliphatic carbocycles. The van der Waals surface area contributed by atoms with Crippen LogP contribution < -0.4 is 11.1 Å². The molecule has 0 saturated carbocycles. The van der Waals surface area contributed by atoms with Crippen LogP contribution in [0.4, 0.5) is 5.69 Å². The summed E-state index contributed by atoms with van der Waals surface area (Å²) in [6, 6.07) is 18.5. The second-order valence-corrected chi connectivity index (χ2v) is 7.59. The van der Waals surface area contributed by atoms with Crippen LogP contribution in [0.15, 0.2) is 69.9 Å². The Morgan fingerprint density at radius 3 is 2.69 bits per heavy atom. The number of thioether (sulfide) groups is 1. The lowest BCUT2D eigenvalue weighted by Gasteiger charge is -2.08. The topological polar surface area (TPSA) is 81.3 Å². The van der Waals surface area contributed by atoms with Crippen molar-refractivity contribution in [2.45, 2.75) is 0 Å². The predicted molar refractivity (Wildman–Crippen MR) is 116 cm³/mol. The summed E-state index contributed by atoms with van der Waals surface area (Å²) < 4.78 is 6.43. The molecular formula is C22H18N2O4S. The number of aryl methyl sites for hydroxylation is 1. The lowest BCUT2D eigenvalue weighted by atomic mass is 10.1. The van der Waals surface area contributed by atoms with Gasteiger partial charge in [-0.15, -0.1) is 11.8 Å². The van der Waals surface area contributed by atoms with Crippen molar-refractivity contribution in [1.29, 1.82) is 0 Å². The van der Waals surface area contributed by atoms with Crippen LogP contribution in [-0.4, -0.2) is 27.8 Å². The van der Waals surface area contributed by atoms with Crippen molar-refractivity contribution in [2.24, 2.45) is 7.05 Å². The van der Waals surface area contributed by atoms with Gasteiger partial charge in [0.15, 0.2) is 11.4 Å². The van der Waals surface area contributed by atoms with E-state index >= 15 is 0 Å². The number of aromatic nitrogens is 1. The molecule has 0 aliphatic rings. The SMILES string of the molecule is Cn1c(=O)oc2ccc(C(=O)CSCC(=O)Nc3cccc4ccccc34)cc21. The number of oxazole rings is 1. The number of benzene rings is 3. The molecular weight excluding hydrogens is 388 g/mol. The van der Waals surface area contributed by atoms with Crippen molar-refractivity contribution in [1.82, 2.24) is 4.57 Å². The van der Waals surface area contributed by atoms with Crippen molar-refractivity contribution in [3.63, 3.8) is 0 Å². The van der Waals surface area contributed by atoms with Gasteiger partial charge >= 0.3 is 5.76 Å². The van der Waals surface area contributed by atoms with E-state index in [0.29, 0.717) is 16.7 Å². The van der Waals surface area contributed by atoms with Gasteiger partial charge in [0.25, 0.3) is 0 Å². The fraction of sp³-hybridized carbons (Fsp3) is 0.136. The van der Waals surface area contributed by atoms with Crippen molar-refractivity contribution in [2.75, 3.05) is 16.8 Å². The van der Waals surface area contributed by atoms with E-state index in [1.165, 1.54) is 16.3 Å². The van der Waals surface area contributed by atoms with E-state index in [0.717, 1.165) is 16.5 Å². The molecule has 1 heterocycles. The van der Waals surface area contributed by atoms with Gasteiger partial charge in [0.2, 0.25) is 5.91 Å². The average molecular weight is 406 g/mol. The summed E-state index contributed by atoms with van der Waals surface area (Å²) in [5.41, 5.74) is 2.25. The monoisotopic (exact) mass is 406 g/mol. The molecule has 6 nitrogen and oxygen atoms in total. The van der Waals surface area contributed by atoms with E-state index in [2.05, 4.69) is 5.32 Å². The number of fused-ring (bicyclic) bond motifs is 2. The van der Waals surface area contributed by atoms with Crippen molar-refractivity contribution < 1.29 is 14.0 Å². The van der Waals surface area contributed by atoms with Gasteiger partial charge in [0.05, 0.1) is 17.0 Å². The summed E-state index contributed by atoms with van der Waals surface area (Å²) in [6.07, 6.45) is 0. The molecule has 3 aromatic carbocycles. The number of amides is 1. The first-order valence-electron chi connectivity index (χ1n) is 9.01. The molecule has 7 heteroatoms. The summed E-state index contributed by atoms with van der Waals surface area (Å²) >= 11 is 1.25. The standard InChI is InChI=1S/C22H18N2O4S/c1-24-18-11-15(9-10-20(18)28-22(24)27)19(25)12-29-13-21(26)23-17-8-4-6-14-5-2-3-7-16(14)17/h2-11H,12-13H2,1H3,(H,23,26). The van der Waals surface area contributed by atoms with E-state index < -0.39 is 5.76 Å².